The average molecular weight is 367 g/mol. The number of piperidine rings is 1. The van der Waals surface area contributed by atoms with Crippen LogP contribution < -0.4 is 0 Å². The van der Waals surface area contributed by atoms with Gasteiger partial charge in [0.2, 0.25) is 0 Å². The predicted molar refractivity (Wildman–Crippen MR) is 105 cm³/mol. The summed E-state index contributed by atoms with van der Waals surface area (Å²) in [6.07, 6.45) is 4.30. The SMILES string of the molecule is Cc1cccc(CN2CCC(c3cn(-c4cccc(Cl)c4)nn3)CC2)c1. The van der Waals surface area contributed by atoms with E-state index < -0.39 is 0 Å². The van der Waals surface area contributed by atoms with Crippen molar-refractivity contribution >= 4 is 11.6 Å². The fourth-order valence-electron chi connectivity index (χ4n) is 3.66. The van der Waals surface area contributed by atoms with E-state index in [-0.39, 0.29) is 0 Å². The van der Waals surface area contributed by atoms with Crippen molar-refractivity contribution in [1.82, 2.24) is 19.9 Å². The van der Waals surface area contributed by atoms with Gasteiger partial charge in [0.05, 0.1) is 17.6 Å². The molecule has 26 heavy (non-hydrogen) atoms. The van der Waals surface area contributed by atoms with Crippen LogP contribution in [0.25, 0.3) is 5.69 Å². The third-order valence-corrected chi connectivity index (χ3v) is 5.31. The number of halogens is 1. The predicted octanol–water partition coefficient (Wildman–Crippen LogP) is 4.61. The van der Waals surface area contributed by atoms with Gasteiger partial charge in [-0.25, -0.2) is 4.68 Å². The lowest BCUT2D eigenvalue weighted by molar-refractivity contribution is 0.203. The van der Waals surface area contributed by atoms with Gasteiger partial charge in [-0.15, -0.1) is 5.10 Å². The second-order valence-corrected chi connectivity index (χ2v) is 7.54. The maximum absolute atomic E-state index is 6.08. The van der Waals surface area contributed by atoms with Gasteiger partial charge in [0.25, 0.3) is 0 Å². The summed E-state index contributed by atoms with van der Waals surface area (Å²) in [5.41, 5.74) is 4.76. The van der Waals surface area contributed by atoms with E-state index in [0.717, 1.165) is 43.9 Å². The Kier molecular flexibility index (Phi) is 5.05. The van der Waals surface area contributed by atoms with Crippen LogP contribution in [0.15, 0.2) is 54.7 Å². The minimum atomic E-state index is 0.483. The first-order valence-electron chi connectivity index (χ1n) is 9.13. The number of aromatic nitrogens is 3. The highest BCUT2D eigenvalue weighted by molar-refractivity contribution is 6.30. The molecule has 0 amide bonds. The Labute approximate surface area is 159 Å². The van der Waals surface area contributed by atoms with Crippen molar-refractivity contribution in [3.63, 3.8) is 0 Å². The molecule has 1 aliphatic rings. The van der Waals surface area contributed by atoms with Crippen LogP contribution in [0.4, 0.5) is 0 Å². The van der Waals surface area contributed by atoms with Gasteiger partial charge in [0, 0.05) is 17.5 Å². The van der Waals surface area contributed by atoms with Gasteiger partial charge in [-0.05, 0) is 56.6 Å². The first-order valence-corrected chi connectivity index (χ1v) is 9.51. The molecule has 4 rings (SSSR count). The zero-order valence-corrected chi connectivity index (χ0v) is 15.7. The highest BCUT2D eigenvalue weighted by atomic mass is 35.5. The molecule has 134 valence electrons. The van der Waals surface area contributed by atoms with Crippen LogP contribution in [0.3, 0.4) is 0 Å². The smallest absolute Gasteiger partial charge is 0.0863 e. The number of aryl methyl sites for hydroxylation is 1. The molecule has 0 spiro atoms. The molecule has 0 radical (unpaired) electrons. The Morgan fingerprint density at radius 3 is 2.65 bits per heavy atom. The van der Waals surface area contributed by atoms with Gasteiger partial charge in [-0.2, -0.15) is 0 Å². The number of benzene rings is 2. The molecule has 0 N–H and O–H groups in total. The van der Waals surface area contributed by atoms with Crippen molar-refractivity contribution < 1.29 is 0 Å². The lowest BCUT2D eigenvalue weighted by Gasteiger charge is -2.31. The van der Waals surface area contributed by atoms with Crippen molar-refractivity contribution in [2.75, 3.05) is 13.1 Å². The summed E-state index contributed by atoms with van der Waals surface area (Å²) >= 11 is 6.08. The molecule has 0 atom stereocenters. The van der Waals surface area contributed by atoms with E-state index in [1.54, 1.807) is 0 Å². The fourth-order valence-corrected chi connectivity index (χ4v) is 3.85. The summed E-state index contributed by atoms with van der Waals surface area (Å²) in [5, 5.41) is 9.42. The molecule has 1 saturated heterocycles. The summed E-state index contributed by atoms with van der Waals surface area (Å²) in [7, 11) is 0. The summed E-state index contributed by atoms with van der Waals surface area (Å²) in [6.45, 7) is 5.38. The molecule has 0 bridgehead atoms. The molecule has 1 aliphatic heterocycles. The zero-order chi connectivity index (χ0) is 17.9. The Balaban J connectivity index is 1.38. The van der Waals surface area contributed by atoms with E-state index in [1.807, 2.05) is 35.1 Å². The number of likely N-dealkylation sites (tertiary alicyclic amines) is 1. The van der Waals surface area contributed by atoms with Gasteiger partial charge in [-0.1, -0.05) is 52.7 Å². The van der Waals surface area contributed by atoms with E-state index >= 15 is 0 Å². The minimum Gasteiger partial charge on any atom is -0.299 e. The van der Waals surface area contributed by atoms with Crippen molar-refractivity contribution in [2.45, 2.75) is 32.2 Å². The third kappa shape index (κ3) is 3.97. The monoisotopic (exact) mass is 366 g/mol. The van der Waals surface area contributed by atoms with Gasteiger partial charge in [0.1, 0.15) is 0 Å². The van der Waals surface area contributed by atoms with Gasteiger partial charge in [0.15, 0.2) is 0 Å². The second-order valence-electron chi connectivity index (χ2n) is 7.11. The van der Waals surface area contributed by atoms with E-state index in [9.17, 15) is 0 Å². The third-order valence-electron chi connectivity index (χ3n) is 5.08. The molecule has 5 heteroatoms. The Hall–Kier alpha value is -2.17. The largest absolute Gasteiger partial charge is 0.299 e. The normalized spacial score (nSPS) is 16.1. The maximum atomic E-state index is 6.08. The van der Waals surface area contributed by atoms with E-state index in [2.05, 4.69) is 46.4 Å². The number of rotatable bonds is 4. The van der Waals surface area contributed by atoms with Crippen molar-refractivity contribution in [3.8, 4) is 5.69 Å². The molecule has 2 heterocycles. The molecule has 0 aliphatic carbocycles. The molecular weight excluding hydrogens is 344 g/mol. The van der Waals surface area contributed by atoms with E-state index in [0.29, 0.717) is 10.9 Å². The van der Waals surface area contributed by atoms with Crippen LogP contribution in [-0.4, -0.2) is 33.0 Å². The summed E-state index contributed by atoms with van der Waals surface area (Å²) in [4.78, 5) is 2.53. The number of hydrogen-bond acceptors (Lipinski definition) is 3. The molecule has 1 aromatic heterocycles. The zero-order valence-electron chi connectivity index (χ0n) is 15.0. The van der Waals surface area contributed by atoms with Crippen molar-refractivity contribution in [3.05, 3.63) is 76.6 Å². The van der Waals surface area contributed by atoms with Crippen LogP contribution >= 0.6 is 11.6 Å². The van der Waals surface area contributed by atoms with Crippen LogP contribution in [0.5, 0.6) is 0 Å². The van der Waals surface area contributed by atoms with Crippen molar-refractivity contribution in [2.24, 2.45) is 0 Å². The topological polar surface area (TPSA) is 34.0 Å². The average Bonchev–Trinajstić information content (AvgIpc) is 3.13. The lowest BCUT2D eigenvalue weighted by Crippen LogP contribution is -2.32. The molecule has 0 saturated carbocycles. The summed E-state index contributed by atoms with van der Waals surface area (Å²) in [6, 6.07) is 16.5. The Morgan fingerprint density at radius 1 is 1.08 bits per heavy atom. The molecular formula is C21H23ClN4. The fraction of sp³-hybridized carbons (Fsp3) is 0.333. The molecule has 4 nitrogen and oxygen atoms in total. The van der Waals surface area contributed by atoms with E-state index in [1.165, 1.54) is 11.1 Å². The highest BCUT2D eigenvalue weighted by Crippen LogP contribution is 2.28. The number of nitrogens with zero attached hydrogens (tertiary/aromatic N) is 4. The molecule has 0 unspecified atom stereocenters. The Bertz CT molecular complexity index is 881. The standard InChI is InChI=1S/C21H23ClN4/c1-16-4-2-5-17(12-16)14-25-10-8-18(9-11-25)21-15-26(24-23-21)20-7-3-6-19(22)13-20/h2-7,12-13,15,18H,8-11,14H2,1H3. The first-order chi connectivity index (χ1) is 12.7. The quantitative estimate of drug-likeness (QED) is 0.676. The van der Waals surface area contributed by atoms with Gasteiger partial charge < -0.3 is 0 Å². The van der Waals surface area contributed by atoms with Crippen molar-refractivity contribution in [1.29, 1.82) is 0 Å². The van der Waals surface area contributed by atoms with Crippen LogP contribution in [0, 0.1) is 6.92 Å². The molecule has 1 fully saturated rings. The maximum Gasteiger partial charge on any atom is 0.0863 e. The molecule has 2 aromatic carbocycles. The summed E-state index contributed by atoms with van der Waals surface area (Å²) in [5.74, 6) is 0.483. The van der Waals surface area contributed by atoms with Crippen LogP contribution in [-0.2, 0) is 6.54 Å². The van der Waals surface area contributed by atoms with Gasteiger partial charge >= 0.3 is 0 Å². The number of hydrogen-bond donors (Lipinski definition) is 0. The second kappa shape index (κ2) is 7.60. The van der Waals surface area contributed by atoms with Crippen LogP contribution in [0.1, 0.15) is 35.6 Å². The van der Waals surface area contributed by atoms with Crippen LogP contribution in [0.2, 0.25) is 5.02 Å². The lowest BCUT2D eigenvalue weighted by atomic mass is 9.94. The van der Waals surface area contributed by atoms with Gasteiger partial charge in [-0.3, -0.25) is 4.90 Å². The summed E-state index contributed by atoms with van der Waals surface area (Å²) < 4.78 is 1.82. The molecule has 3 aromatic rings. The van der Waals surface area contributed by atoms with E-state index in [4.69, 9.17) is 11.6 Å². The first kappa shape index (κ1) is 17.3. The Morgan fingerprint density at radius 2 is 1.88 bits per heavy atom. The highest BCUT2D eigenvalue weighted by Gasteiger charge is 2.23. The minimum absolute atomic E-state index is 0.483.